The Morgan fingerprint density at radius 3 is 2.41 bits per heavy atom. The Bertz CT molecular complexity index is 646. The lowest BCUT2D eigenvalue weighted by atomic mass is 10.0. The molecule has 0 fully saturated rings. The summed E-state index contributed by atoms with van der Waals surface area (Å²) in [6.45, 7) is 8.03. The number of aryl methyl sites for hydroxylation is 2. The van der Waals surface area contributed by atoms with E-state index in [1.165, 1.54) is 0 Å². The van der Waals surface area contributed by atoms with Gasteiger partial charge in [0.2, 0.25) is 0 Å². The van der Waals surface area contributed by atoms with E-state index in [4.69, 9.17) is 4.74 Å². The van der Waals surface area contributed by atoms with Crippen LogP contribution in [0.15, 0.2) is 24.0 Å². The molecule has 0 saturated carbocycles. The van der Waals surface area contributed by atoms with Crippen LogP contribution >= 0.6 is 0 Å². The number of nitrogens with zero attached hydrogens (tertiary/aromatic N) is 1. The Labute approximate surface area is 130 Å². The van der Waals surface area contributed by atoms with Gasteiger partial charge < -0.3 is 9.84 Å². The van der Waals surface area contributed by atoms with Gasteiger partial charge in [0.15, 0.2) is 5.76 Å². The number of aliphatic hydroxyl groups is 1. The van der Waals surface area contributed by atoms with Crippen LogP contribution in [0.25, 0.3) is 5.57 Å². The Balaban J connectivity index is 2.23. The molecule has 0 atom stereocenters. The minimum atomic E-state index is -0.661. The number of hydrogen-bond donors (Lipinski definition) is 1. The van der Waals surface area contributed by atoms with E-state index in [0.717, 1.165) is 16.0 Å². The van der Waals surface area contributed by atoms with E-state index >= 15 is 0 Å². The summed E-state index contributed by atoms with van der Waals surface area (Å²) in [5, 5.41) is 10.0. The summed E-state index contributed by atoms with van der Waals surface area (Å²) in [7, 11) is 0. The molecule has 118 valence electrons. The van der Waals surface area contributed by atoms with Gasteiger partial charge in [0, 0.05) is 0 Å². The number of amides is 2. The molecule has 0 bridgehead atoms. The monoisotopic (exact) mass is 303 g/mol. The lowest BCUT2D eigenvalue weighted by Gasteiger charge is -2.15. The highest BCUT2D eigenvalue weighted by molar-refractivity contribution is 6.34. The van der Waals surface area contributed by atoms with Crippen LogP contribution in [0.1, 0.15) is 30.5 Å². The third-order valence-electron chi connectivity index (χ3n) is 3.71. The molecule has 0 saturated heterocycles. The van der Waals surface area contributed by atoms with Crippen LogP contribution in [-0.2, 0) is 14.3 Å². The molecule has 1 aromatic rings. The third kappa shape index (κ3) is 3.04. The van der Waals surface area contributed by atoms with Gasteiger partial charge in [-0.05, 0) is 44.4 Å². The lowest BCUT2D eigenvalue weighted by molar-refractivity contribution is -0.139. The Morgan fingerprint density at radius 1 is 1.14 bits per heavy atom. The molecule has 0 radical (unpaired) electrons. The van der Waals surface area contributed by atoms with E-state index in [1.807, 2.05) is 33.8 Å². The van der Waals surface area contributed by atoms with E-state index in [0.29, 0.717) is 5.56 Å². The number of ether oxygens (including phenoxy) is 1. The summed E-state index contributed by atoms with van der Waals surface area (Å²) in [5.74, 6) is -1.62. The first-order valence-electron chi connectivity index (χ1n) is 7.31. The van der Waals surface area contributed by atoms with Crippen LogP contribution < -0.4 is 0 Å². The average molecular weight is 303 g/mol. The summed E-state index contributed by atoms with van der Waals surface area (Å²) < 4.78 is 5.37. The largest absolute Gasteiger partial charge is 0.502 e. The molecule has 1 aromatic carbocycles. The molecule has 0 aromatic heterocycles. The molecule has 2 amide bonds. The Hall–Kier alpha value is -2.14. The van der Waals surface area contributed by atoms with Crippen molar-refractivity contribution in [2.45, 2.75) is 33.8 Å². The number of imide groups is 1. The zero-order valence-electron chi connectivity index (χ0n) is 13.3. The molecule has 1 N–H and O–H groups in total. The fraction of sp³-hybridized carbons (Fsp3) is 0.412. The van der Waals surface area contributed by atoms with Crippen LogP contribution in [0.4, 0.5) is 0 Å². The quantitative estimate of drug-likeness (QED) is 0.848. The molecule has 1 aliphatic rings. The second-order valence-electron chi connectivity index (χ2n) is 5.70. The lowest BCUT2D eigenvalue weighted by Crippen LogP contribution is -2.35. The fourth-order valence-corrected chi connectivity index (χ4v) is 2.30. The summed E-state index contributed by atoms with van der Waals surface area (Å²) in [5.41, 5.74) is 2.71. The molecule has 1 aliphatic heterocycles. The Morgan fingerprint density at radius 2 is 1.82 bits per heavy atom. The van der Waals surface area contributed by atoms with Gasteiger partial charge in [0.25, 0.3) is 11.8 Å². The average Bonchev–Trinajstić information content (AvgIpc) is 2.65. The smallest absolute Gasteiger partial charge is 0.296 e. The SMILES string of the molecule is Cc1ccc(C2=C(O)C(=O)N(CCOC(C)C)C2=O)cc1C. The first-order valence-corrected chi connectivity index (χ1v) is 7.31. The number of carbonyl (C=O) groups excluding carboxylic acids is 2. The van der Waals surface area contributed by atoms with Crippen molar-refractivity contribution in [3.63, 3.8) is 0 Å². The van der Waals surface area contributed by atoms with E-state index < -0.39 is 17.6 Å². The van der Waals surface area contributed by atoms with Gasteiger partial charge in [-0.2, -0.15) is 0 Å². The highest BCUT2D eigenvalue weighted by Crippen LogP contribution is 2.28. The predicted octanol–water partition coefficient (Wildman–Crippen LogP) is 2.37. The van der Waals surface area contributed by atoms with E-state index in [1.54, 1.807) is 12.1 Å². The highest BCUT2D eigenvalue weighted by Gasteiger charge is 2.38. The predicted molar refractivity (Wildman–Crippen MR) is 83.3 cm³/mol. The van der Waals surface area contributed by atoms with Crippen molar-refractivity contribution in [2.75, 3.05) is 13.2 Å². The molecule has 1 heterocycles. The molecule has 5 heteroatoms. The molecule has 5 nitrogen and oxygen atoms in total. The first kappa shape index (κ1) is 16.2. The van der Waals surface area contributed by atoms with Crippen molar-refractivity contribution in [3.8, 4) is 0 Å². The first-order chi connectivity index (χ1) is 10.3. The van der Waals surface area contributed by atoms with Gasteiger partial charge in [-0.15, -0.1) is 0 Å². The minimum Gasteiger partial charge on any atom is -0.502 e. The molecular weight excluding hydrogens is 282 g/mol. The number of rotatable bonds is 5. The minimum absolute atomic E-state index is 0.0218. The molecular formula is C17H21NO4. The van der Waals surface area contributed by atoms with Crippen molar-refractivity contribution in [2.24, 2.45) is 0 Å². The van der Waals surface area contributed by atoms with E-state index in [2.05, 4.69) is 0 Å². The van der Waals surface area contributed by atoms with Crippen molar-refractivity contribution < 1.29 is 19.4 Å². The van der Waals surface area contributed by atoms with Gasteiger partial charge in [-0.25, -0.2) is 0 Å². The van der Waals surface area contributed by atoms with Crippen molar-refractivity contribution in [1.82, 2.24) is 4.90 Å². The maximum Gasteiger partial charge on any atom is 0.296 e. The second-order valence-corrected chi connectivity index (χ2v) is 5.70. The van der Waals surface area contributed by atoms with E-state index in [-0.39, 0.29) is 24.8 Å². The Kier molecular flexibility index (Phi) is 4.66. The topological polar surface area (TPSA) is 66.8 Å². The molecule has 22 heavy (non-hydrogen) atoms. The van der Waals surface area contributed by atoms with Crippen molar-refractivity contribution >= 4 is 17.4 Å². The summed E-state index contributed by atoms with van der Waals surface area (Å²) in [6.07, 6.45) is 0.0218. The van der Waals surface area contributed by atoms with Gasteiger partial charge in [-0.1, -0.05) is 18.2 Å². The van der Waals surface area contributed by atoms with Crippen LogP contribution in [0, 0.1) is 13.8 Å². The van der Waals surface area contributed by atoms with Crippen molar-refractivity contribution in [3.05, 3.63) is 40.6 Å². The molecule has 0 aliphatic carbocycles. The van der Waals surface area contributed by atoms with E-state index in [9.17, 15) is 14.7 Å². The van der Waals surface area contributed by atoms with Crippen molar-refractivity contribution in [1.29, 1.82) is 0 Å². The zero-order chi connectivity index (χ0) is 16.4. The zero-order valence-corrected chi connectivity index (χ0v) is 13.3. The summed E-state index contributed by atoms with van der Waals surface area (Å²) in [6, 6.07) is 5.42. The number of aliphatic hydroxyl groups excluding tert-OH is 1. The molecule has 0 unspecified atom stereocenters. The maximum atomic E-state index is 12.4. The van der Waals surface area contributed by atoms with Crippen LogP contribution in [-0.4, -0.2) is 41.1 Å². The molecule has 2 rings (SSSR count). The normalized spacial score (nSPS) is 15.4. The number of hydrogen-bond acceptors (Lipinski definition) is 4. The standard InChI is InChI=1S/C17H21NO4/c1-10(2)22-8-7-18-16(20)14(15(19)17(18)21)13-6-5-11(3)12(4)9-13/h5-6,9-10,19H,7-8H2,1-4H3. The third-order valence-corrected chi connectivity index (χ3v) is 3.71. The number of benzene rings is 1. The fourth-order valence-electron chi connectivity index (χ4n) is 2.30. The van der Waals surface area contributed by atoms with Crippen LogP contribution in [0.5, 0.6) is 0 Å². The van der Waals surface area contributed by atoms with Crippen LogP contribution in [0.2, 0.25) is 0 Å². The van der Waals surface area contributed by atoms with Crippen LogP contribution in [0.3, 0.4) is 0 Å². The number of carbonyl (C=O) groups is 2. The second kappa shape index (κ2) is 6.32. The van der Waals surface area contributed by atoms with Gasteiger partial charge in [-0.3, -0.25) is 14.5 Å². The van der Waals surface area contributed by atoms with Gasteiger partial charge >= 0.3 is 0 Å². The highest BCUT2D eigenvalue weighted by atomic mass is 16.5. The maximum absolute atomic E-state index is 12.4. The summed E-state index contributed by atoms with van der Waals surface area (Å²) >= 11 is 0. The summed E-state index contributed by atoms with van der Waals surface area (Å²) in [4.78, 5) is 25.5. The molecule has 0 spiro atoms. The van der Waals surface area contributed by atoms with Gasteiger partial charge in [0.05, 0.1) is 24.8 Å². The van der Waals surface area contributed by atoms with Gasteiger partial charge in [0.1, 0.15) is 0 Å².